The Labute approximate surface area is 607 Å². The van der Waals surface area contributed by atoms with Gasteiger partial charge in [-0.1, -0.05) is 202 Å². The van der Waals surface area contributed by atoms with Gasteiger partial charge in [0.15, 0.2) is 0 Å². The molecular formula is C86H132N2O2S2Se3. The van der Waals surface area contributed by atoms with Gasteiger partial charge in [-0.15, -0.1) is 0 Å². The van der Waals surface area contributed by atoms with Crippen LogP contribution in [0.1, 0.15) is 366 Å². The van der Waals surface area contributed by atoms with Crippen molar-refractivity contribution in [2.75, 3.05) is 13.1 Å². The van der Waals surface area contributed by atoms with Crippen LogP contribution in [0, 0.1) is 25.7 Å². The molecule has 5 aromatic heterocycles. The van der Waals surface area contributed by atoms with E-state index in [0.717, 1.165) is 46.8 Å². The molecule has 2 atom stereocenters. The number of hydrogen-bond donors (Lipinski definition) is 0. The fourth-order valence-electron chi connectivity index (χ4n) is 15.7. The first-order valence-electron chi connectivity index (χ1n) is 40.4. The van der Waals surface area contributed by atoms with E-state index in [4.69, 9.17) is 0 Å². The Morgan fingerprint density at radius 2 is 0.695 bits per heavy atom. The van der Waals surface area contributed by atoms with Crippen molar-refractivity contribution in [2.45, 2.75) is 363 Å². The fourth-order valence-corrected chi connectivity index (χ4v) is 26.1. The van der Waals surface area contributed by atoms with Crippen LogP contribution in [0.4, 0.5) is 0 Å². The zero-order valence-electron chi connectivity index (χ0n) is 61.5. The van der Waals surface area contributed by atoms with Crippen LogP contribution in [0.3, 0.4) is 0 Å². The zero-order chi connectivity index (χ0) is 66.8. The summed E-state index contributed by atoms with van der Waals surface area (Å²) in [4.78, 5) is 41.5. The minimum absolute atomic E-state index is 0.0827. The van der Waals surface area contributed by atoms with Gasteiger partial charge in [-0.3, -0.25) is 0 Å². The first-order chi connectivity index (χ1) is 46.7. The summed E-state index contributed by atoms with van der Waals surface area (Å²) in [6.07, 6.45) is 64.9. The molecule has 0 fully saturated rings. The Balaban J connectivity index is 1.07. The van der Waals surface area contributed by atoms with Crippen LogP contribution in [-0.4, -0.2) is 78.2 Å². The molecule has 0 N–H and O–H groups in total. The third kappa shape index (κ3) is 24.5. The van der Waals surface area contributed by atoms with Crippen LogP contribution in [0.5, 0.6) is 0 Å². The molecule has 6 aromatic rings. The molecule has 0 aliphatic carbocycles. The van der Waals surface area contributed by atoms with Crippen molar-refractivity contribution in [1.82, 2.24) is 9.80 Å². The molecule has 2 amide bonds. The number of benzene rings is 1. The quantitative estimate of drug-likeness (QED) is 0.0282. The second-order valence-corrected chi connectivity index (χ2v) is 39.3. The number of rotatable bonds is 56. The van der Waals surface area contributed by atoms with Gasteiger partial charge in [-0.05, 0) is 0 Å². The molecule has 2 unspecified atom stereocenters. The third-order valence-corrected chi connectivity index (χ3v) is 31.8. The van der Waals surface area contributed by atoms with E-state index < -0.39 is 0 Å². The van der Waals surface area contributed by atoms with Gasteiger partial charge in [-0.25, -0.2) is 0 Å². The van der Waals surface area contributed by atoms with Gasteiger partial charge >= 0.3 is 411 Å². The van der Waals surface area contributed by atoms with Crippen LogP contribution in [0.25, 0.3) is 49.6 Å². The molecule has 528 valence electrons. The molecule has 0 saturated heterocycles. The fraction of sp³-hybridized carbons (Fsp3) is 0.698. The number of nitrogens with zero attached hydrogens (tertiary/aromatic N) is 2. The van der Waals surface area contributed by atoms with E-state index in [2.05, 4.69) is 101 Å². The van der Waals surface area contributed by atoms with E-state index in [-0.39, 0.29) is 26.3 Å². The number of carbonyl (C=O) groups is 2. The summed E-state index contributed by atoms with van der Waals surface area (Å²) in [6, 6.07) is 17.0. The van der Waals surface area contributed by atoms with Gasteiger partial charge < -0.3 is 0 Å². The molecule has 95 heavy (non-hydrogen) atoms. The number of thiophene rings is 2. The number of carbonyl (C=O) groups excluding carboxylic acids is 2. The number of hydrogen-bond acceptors (Lipinski definition) is 4. The van der Waals surface area contributed by atoms with E-state index in [1.807, 2.05) is 11.3 Å². The molecular weight excluding hydrogens is 1390 g/mol. The maximum atomic E-state index is 16.2. The van der Waals surface area contributed by atoms with E-state index in [9.17, 15) is 0 Å². The Kier molecular flexibility index (Phi) is 37.1. The SMILES string of the molecule is CCCCCCCCCCCCCCCCCCc1cc2c3cc(C)[se]c3c3[se]c(-c4ccc(C5=C6C(=O)N(CC(CCCCCCCC)CCCCCCCCCC)C(c7ccc(C)s7)=C6C(=O)N5CC(CCCCCCCC)CCCCCCCCCC)s4)cc3c2[se]1. The molecule has 4 nitrogen and oxygen atoms in total. The summed E-state index contributed by atoms with van der Waals surface area (Å²) >= 11 is 4.58. The normalized spacial score (nSPS) is 14.3. The van der Waals surface area contributed by atoms with Gasteiger partial charge in [0.05, 0.1) is 0 Å². The average Bonchev–Trinajstić information content (AvgIpc) is 1.57. The third-order valence-electron chi connectivity index (χ3n) is 21.4. The van der Waals surface area contributed by atoms with Crippen LogP contribution >= 0.6 is 22.7 Å². The van der Waals surface area contributed by atoms with Gasteiger partial charge in [0, 0.05) is 0 Å². The van der Waals surface area contributed by atoms with Gasteiger partial charge in [-0.2, -0.15) is 0 Å². The first-order valence-corrected chi connectivity index (χ1v) is 47.1. The van der Waals surface area contributed by atoms with E-state index in [1.54, 1.807) is 49.2 Å². The van der Waals surface area contributed by atoms with Crippen molar-refractivity contribution in [1.29, 1.82) is 0 Å². The summed E-state index contributed by atoms with van der Waals surface area (Å²) in [5.74, 6) is 0.971. The van der Waals surface area contributed by atoms with E-state index in [0.29, 0.717) is 65.1 Å². The van der Waals surface area contributed by atoms with Crippen molar-refractivity contribution < 1.29 is 9.59 Å². The number of unbranched alkanes of at least 4 members (excludes halogenated alkanes) is 39. The zero-order valence-corrected chi connectivity index (χ0v) is 68.3. The summed E-state index contributed by atoms with van der Waals surface area (Å²) in [5, 5.41) is 4.69. The molecule has 0 bridgehead atoms. The number of aryl methyl sites for hydroxylation is 3. The van der Waals surface area contributed by atoms with Crippen LogP contribution in [0.15, 0.2) is 53.6 Å². The summed E-state index contributed by atoms with van der Waals surface area (Å²) in [7, 11) is 0. The summed E-state index contributed by atoms with van der Waals surface area (Å²) in [5.41, 5.74) is 3.26. The average molecular weight is 1530 g/mol. The van der Waals surface area contributed by atoms with Crippen molar-refractivity contribution in [3.63, 3.8) is 0 Å². The maximum absolute atomic E-state index is 16.2. The Morgan fingerprint density at radius 1 is 0.347 bits per heavy atom. The molecule has 0 spiro atoms. The summed E-state index contributed by atoms with van der Waals surface area (Å²) < 4.78 is 9.73. The second-order valence-electron chi connectivity index (χ2n) is 29.7. The molecule has 0 radical (unpaired) electrons. The van der Waals surface area contributed by atoms with E-state index >= 15 is 9.59 Å². The van der Waals surface area contributed by atoms with E-state index in [1.165, 1.54) is 303 Å². The van der Waals surface area contributed by atoms with Crippen molar-refractivity contribution >= 4 is 118 Å². The van der Waals surface area contributed by atoms with Crippen molar-refractivity contribution in [2.24, 2.45) is 11.8 Å². The molecule has 7 heterocycles. The molecule has 8 rings (SSSR count). The van der Waals surface area contributed by atoms with Crippen molar-refractivity contribution in [3.8, 4) is 9.31 Å². The Bertz CT molecular complexity index is 3210. The first kappa shape index (κ1) is 78.5. The number of fused-ring (bicyclic) bond motifs is 7. The standard InChI is InChI=1S/C86H132N2O2S2Se3/c1-8-13-18-23-28-31-32-33-34-35-36-37-38-41-46-51-56-70-62-72-71-61-67(7)93-83(71)84-73(82(72)94-70)63-77(95-84)74-59-60-76(92-74)81-79-78(85(89)88(81)65-69(53-48-43-27-22-17-12-5)55-50-45-40-30-25-20-15-10-3)80(75-58-57-66(6)91-75)87(86(79)90)64-68(52-47-42-26-21-16-11-4)54-49-44-39-29-24-19-14-9-2/h57-63,68-69H,8-56,64-65H2,1-7H3. The summed E-state index contributed by atoms with van der Waals surface area (Å²) in [6.45, 7) is 17.5. The van der Waals surface area contributed by atoms with Gasteiger partial charge in [0.1, 0.15) is 0 Å². The topological polar surface area (TPSA) is 40.6 Å². The Morgan fingerprint density at radius 3 is 1.09 bits per heavy atom. The van der Waals surface area contributed by atoms with Crippen LogP contribution in [0.2, 0.25) is 0 Å². The van der Waals surface area contributed by atoms with Crippen molar-refractivity contribution in [3.05, 3.63) is 77.1 Å². The molecule has 9 heteroatoms. The van der Waals surface area contributed by atoms with Gasteiger partial charge in [0.2, 0.25) is 0 Å². The molecule has 2 aliphatic rings. The Hall–Kier alpha value is -2.18. The minimum atomic E-state index is 0.0827. The monoisotopic (exact) mass is 1530 g/mol. The van der Waals surface area contributed by atoms with Crippen LogP contribution in [-0.2, 0) is 16.0 Å². The molecule has 1 aromatic carbocycles. The molecule has 0 saturated carbocycles. The number of amides is 2. The second kappa shape index (κ2) is 44.9. The molecule has 2 aliphatic heterocycles. The van der Waals surface area contributed by atoms with Gasteiger partial charge in [0.25, 0.3) is 0 Å². The predicted octanol–water partition coefficient (Wildman–Crippen LogP) is 27.1. The van der Waals surface area contributed by atoms with Crippen LogP contribution < -0.4 is 0 Å². The predicted molar refractivity (Wildman–Crippen MR) is 425 cm³/mol.